The maximum Gasteiger partial charge on any atom is 0.229 e. The molecule has 1 unspecified atom stereocenters. The van der Waals surface area contributed by atoms with E-state index in [1.54, 1.807) is 6.33 Å². The van der Waals surface area contributed by atoms with E-state index in [2.05, 4.69) is 15.6 Å². The number of anilines is 1. The summed E-state index contributed by atoms with van der Waals surface area (Å²) in [6.07, 6.45) is 2.90. The largest absolute Gasteiger partial charge is 0.326 e. The number of rotatable bonds is 3. The van der Waals surface area contributed by atoms with Crippen molar-refractivity contribution in [1.82, 2.24) is 14.9 Å². The molecule has 150 valence electrons. The lowest BCUT2D eigenvalue weighted by Gasteiger charge is -2.37. The van der Waals surface area contributed by atoms with Crippen LogP contribution in [0.1, 0.15) is 24.2 Å². The molecule has 1 aromatic heterocycles. The fourth-order valence-electron chi connectivity index (χ4n) is 4.34. The van der Waals surface area contributed by atoms with Gasteiger partial charge in [0.25, 0.3) is 0 Å². The first-order valence-corrected chi connectivity index (χ1v) is 11.4. The molecule has 0 aliphatic carbocycles. The predicted octanol–water partition coefficient (Wildman–Crippen LogP) is 1.84. The zero-order chi connectivity index (χ0) is 19.9. The lowest BCUT2D eigenvalue weighted by Crippen LogP contribution is -2.43. The van der Waals surface area contributed by atoms with Crippen LogP contribution in [0.3, 0.4) is 0 Å². The van der Waals surface area contributed by atoms with Crippen LogP contribution in [0.5, 0.6) is 0 Å². The minimum absolute atomic E-state index is 0.0355. The van der Waals surface area contributed by atoms with Gasteiger partial charge in [-0.25, -0.2) is 13.4 Å². The smallest absolute Gasteiger partial charge is 0.229 e. The highest BCUT2D eigenvalue weighted by Crippen LogP contribution is 2.42. The number of hydrogen-bond donors (Lipinski definition) is 2. The molecule has 0 radical (unpaired) electrons. The maximum atomic E-state index is 12.9. The Morgan fingerprint density at radius 2 is 1.89 bits per heavy atom. The molecule has 2 aliphatic heterocycles. The normalized spacial score (nSPS) is 23.0. The zero-order valence-corrected chi connectivity index (χ0v) is 17.1. The maximum absolute atomic E-state index is 12.9. The molecule has 4 rings (SSSR count). The summed E-state index contributed by atoms with van der Waals surface area (Å²) in [6.45, 7) is 5.30. The third-order valence-corrected chi connectivity index (χ3v) is 8.02. The molecule has 0 bridgehead atoms. The van der Waals surface area contributed by atoms with Crippen molar-refractivity contribution in [2.45, 2.75) is 26.7 Å². The van der Waals surface area contributed by atoms with Crippen molar-refractivity contribution in [3.63, 3.8) is 0 Å². The van der Waals surface area contributed by atoms with E-state index >= 15 is 0 Å². The number of benzene rings is 1. The van der Waals surface area contributed by atoms with E-state index in [0.29, 0.717) is 25.9 Å². The fourth-order valence-corrected chi connectivity index (χ4v) is 5.98. The van der Waals surface area contributed by atoms with E-state index in [4.69, 9.17) is 0 Å². The Bertz CT molecular complexity index is 981. The number of amides is 1. The van der Waals surface area contributed by atoms with E-state index in [1.807, 2.05) is 42.7 Å². The Morgan fingerprint density at radius 3 is 2.50 bits per heavy atom. The Kier molecular flexibility index (Phi) is 4.79. The molecule has 2 aromatic rings. The van der Waals surface area contributed by atoms with Crippen LogP contribution < -0.4 is 10.6 Å². The summed E-state index contributed by atoms with van der Waals surface area (Å²) in [4.78, 5) is 17.3. The van der Waals surface area contributed by atoms with Crippen molar-refractivity contribution in [2.75, 3.05) is 29.9 Å². The van der Waals surface area contributed by atoms with Crippen LogP contribution in [0.25, 0.3) is 5.69 Å². The topological polar surface area (TPSA) is 93.1 Å². The van der Waals surface area contributed by atoms with E-state index in [1.165, 1.54) is 0 Å². The molecular formula is C20H26N4O3S. The van der Waals surface area contributed by atoms with E-state index in [0.717, 1.165) is 22.8 Å². The second-order valence-corrected chi connectivity index (χ2v) is 10.3. The van der Waals surface area contributed by atoms with Crippen LogP contribution in [0.2, 0.25) is 0 Å². The van der Waals surface area contributed by atoms with Gasteiger partial charge < -0.3 is 15.2 Å². The number of carbonyl (C=O) groups excluding carboxylic acids is 1. The number of hydrogen-bond acceptors (Lipinski definition) is 5. The Morgan fingerprint density at radius 1 is 1.21 bits per heavy atom. The third-order valence-electron chi connectivity index (χ3n) is 6.37. The fraction of sp³-hybridized carbons (Fsp3) is 0.500. The van der Waals surface area contributed by atoms with E-state index in [9.17, 15) is 13.2 Å². The van der Waals surface area contributed by atoms with Crippen molar-refractivity contribution < 1.29 is 13.2 Å². The average molecular weight is 403 g/mol. The summed E-state index contributed by atoms with van der Waals surface area (Å²) in [7, 11) is -2.95. The SMILES string of the molecule is Cc1ncn(-c2ccc(NC(=O)C3CNCC34CCS(=O)(=O)CC4)cc2)c1C. The van der Waals surface area contributed by atoms with Gasteiger partial charge >= 0.3 is 0 Å². The van der Waals surface area contributed by atoms with E-state index < -0.39 is 9.84 Å². The number of aromatic nitrogens is 2. The first-order chi connectivity index (χ1) is 13.3. The summed E-state index contributed by atoms with van der Waals surface area (Å²) in [6, 6.07) is 7.70. The number of carbonyl (C=O) groups is 1. The van der Waals surface area contributed by atoms with Crippen molar-refractivity contribution in [1.29, 1.82) is 0 Å². The van der Waals surface area contributed by atoms with Gasteiger partial charge in [-0.15, -0.1) is 0 Å². The molecule has 1 aromatic carbocycles. The van der Waals surface area contributed by atoms with Crippen LogP contribution in [-0.2, 0) is 14.6 Å². The highest BCUT2D eigenvalue weighted by molar-refractivity contribution is 7.91. The lowest BCUT2D eigenvalue weighted by atomic mass is 9.73. The first-order valence-electron chi connectivity index (χ1n) is 9.63. The minimum atomic E-state index is -2.95. The van der Waals surface area contributed by atoms with Gasteiger partial charge in [0, 0.05) is 30.2 Å². The molecule has 8 heteroatoms. The molecule has 2 N–H and O–H groups in total. The monoisotopic (exact) mass is 402 g/mol. The molecular weight excluding hydrogens is 376 g/mol. The van der Waals surface area contributed by atoms with E-state index in [-0.39, 0.29) is 28.7 Å². The lowest BCUT2D eigenvalue weighted by molar-refractivity contribution is -0.122. The van der Waals surface area contributed by atoms with Gasteiger partial charge in [-0.3, -0.25) is 4.79 Å². The standard InChI is InChI=1S/C20H26N4O3S/c1-14-15(2)24(13-22-14)17-5-3-16(4-6-17)23-19(25)18-11-21-12-20(18)7-9-28(26,27)10-8-20/h3-6,13,18,21H,7-12H2,1-2H3,(H,23,25). The quantitative estimate of drug-likeness (QED) is 0.817. The molecule has 1 spiro atoms. The van der Waals surface area contributed by atoms with Gasteiger partial charge in [-0.2, -0.15) is 0 Å². The number of aryl methyl sites for hydroxylation is 1. The van der Waals surface area contributed by atoms with Crippen LogP contribution >= 0.6 is 0 Å². The van der Waals surface area contributed by atoms with Gasteiger partial charge in [0.05, 0.1) is 29.4 Å². The summed E-state index contributed by atoms with van der Waals surface area (Å²) >= 11 is 0. The number of sulfone groups is 1. The van der Waals surface area contributed by atoms with Gasteiger partial charge in [-0.1, -0.05) is 0 Å². The van der Waals surface area contributed by atoms with Crippen molar-refractivity contribution in [2.24, 2.45) is 11.3 Å². The highest BCUT2D eigenvalue weighted by atomic mass is 32.2. The first kappa shape index (κ1) is 19.1. The van der Waals surface area contributed by atoms with Crippen LogP contribution in [0, 0.1) is 25.2 Å². The molecule has 28 heavy (non-hydrogen) atoms. The molecule has 2 fully saturated rings. The molecule has 3 heterocycles. The molecule has 2 aliphatic rings. The Balaban J connectivity index is 1.47. The predicted molar refractivity (Wildman–Crippen MR) is 108 cm³/mol. The van der Waals surface area contributed by atoms with Crippen molar-refractivity contribution in [3.8, 4) is 5.69 Å². The second-order valence-electron chi connectivity index (χ2n) is 8.02. The van der Waals surface area contributed by atoms with Crippen LogP contribution in [0.4, 0.5) is 5.69 Å². The number of nitrogens with zero attached hydrogens (tertiary/aromatic N) is 2. The second kappa shape index (κ2) is 7.00. The molecule has 1 amide bonds. The summed E-state index contributed by atoms with van der Waals surface area (Å²) in [5.41, 5.74) is 3.57. The van der Waals surface area contributed by atoms with Gasteiger partial charge in [0.15, 0.2) is 0 Å². The average Bonchev–Trinajstić information content (AvgIpc) is 3.23. The molecule has 2 saturated heterocycles. The summed E-state index contributed by atoms with van der Waals surface area (Å²) < 4.78 is 25.6. The van der Waals surface area contributed by atoms with Crippen molar-refractivity contribution in [3.05, 3.63) is 42.0 Å². The zero-order valence-electron chi connectivity index (χ0n) is 16.2. The number of nitrogens with one attached hydrogen (secondary N) is 2. The van der Waals surface area contributed by atoms with Gasteiger partial charge in [0.2, 0.25) is 5.91 Å². The van der Waals surface area contributed by atoms with Crippen LogP contribution in [0.15, 0.2) is 30.6 Å². The van der Waals surface area contributed by atoms with Crippen LogP contribution in [-0.4, -0.2) is 48.5 Å². The minimum Gasteiger partial charge on any atom is -0.326 e. The molecule has 0 saturated carbocycles. The highest BCUT2D eigenvalue weighted by Gasteiger charge is 2.49. The summed E-state index contributed by atoms with van der Waals surface area (Å²) in [5.74, 6) is 0.112. The van der Waals surface area contributed by atoms with Gasteiger partial charge in [-0.05, 0) is 56.4 Å². The Hall–Kier alpha value is -2.19. The van der Waals surface area contributed by atoms with Gasteiger partial charge in [0.1, 0.15) is 9.84 Å². The third kappa shape index (κ3) is 3.46. The molecule has 7 nitrogen and oxygen atoms in total. The number of imidazole rings is 1. The molecule has 1 atom stereocenters. The van der Waals surface area contributed by atoms with Crippen molar-refractivity contribution >= 4 is 21.4 Å². The summed E-state index contributed by atoms with van der Waals surface area (Å²) in [5, 5.41) is 6.32. The Labute approximate surface area is 165 Å².